The van der Waals surface area contributed by atoms with Crippen molar-refractivity contribution in [3.8, 4) is 17.2 Å². The fourth-order valence-electron chi connectivity index (χ4n) is 6.12. The number of phenols is 2. The number of aliphatic hydroxyl groups is 3. The number of ketones is 3. The van der Waals surface area contributed by atoms with Gasteiger partial charge in [-0.3, -0.25) is 19.2 Å². The van der Waals surface area contributed by atoms with Gasteiger partial charge in [0.1, 0.15) is 35.6 Å². The number of rotatable bonds is 6. The van der Waals surface area contributed by atoms with E-state index in [1.54, 1.807) is 6.92 Å². The molecule has 0 radical (unpaired) electrons. The third kappa shape index (κ3) is 4.63. The van der Waals surface area contributed by atoms with Crippen LogP contribution in [-0.2, 0) is 25.5 Å². The number of Topliss-reactive ketones (excluding diaryl/α,β-unsaturated/α-hetero) is 1. The summed E-state index contributed by atoms with van der Waals surface area (Å²) in [5, 5.41) is 57.0. The largest absolute Gasteiger partial charge is 0.507 e. The second-order valence-corrected chi connectivity index (χ2v) is 10.8. The lowest BCUT2D eigenvalue weighted by atomic mass is 9.72. The summed E-state index contributed by atoms with van der Waals surface area (Å²) in [6.07, 6.45) is -5.65. The highest BCUT2D eigenvalue weighted by atomic mass is 16.7. The maximum Gasteiger partial charge on any atom is 0.217 e. The number of amides is 1. The van der Waals surface area contributed by atoms with Crippen molar-refractivity contribution < 1.29 is 58.9 Å². The van der Waals surface area contributed by atoms with Crippen molar-refractivity contribution in [2.75, 3.05) is 13.7 Å². The van der Waals surface area contributed by atoms with Crippen LogP contribution in [0.15, 0.2) is 18.2 Å². The van der Waals surface area contributed by atoms with Crippen molar-refractivity contribution in [1.82, 2.24) is 5.32 Å². The Hall–Kier alpha value is -3.88. The van der Waals surface area contributed by atoms with Crippen molar-refractivity contribution in [1.29, 1.82) is 0 Å². The van der Waals surface area contributed by atoms with Crippen LogP contribution < -0.4 is 10.1 Å². The molecule has 3 aliphatic rings. The van der Waals surface area contributed by atoms with Crippen molar-refractivity contribution in [3.63, 3.8) is 0 Å². The van der Waals surface area contributed by atoms with Gasteiger partial charge >= 0.3 is 0 Å². The summed E-state index contributed by atoms with van der Waals surface area (Å²) >= 11 is 0. The molecule has 0 spiro atoms. The first kappa shape index (κ1) is 29.6. The van der Waals surface area contributed by atoms with Crippen LogP contribution >= 0.6 is 0 Å². The van der Waals surface area contributed by atoms with Gasteiger partial charge in [0.2, 0.25) is 11.7 Å². The van der Waals surface area contributed by atoms with Crippen molar-refractivity contribution in [3.05, 3.63) is 51.6 Å². The average molecular weight is 586 g/mol. The van der Waals surface area contributed by atoms with E-state index in [1.165, 1.54) is 32.2 Å². The van der Waals surface area contributed by atoms with Gasteiger partial charge in [0, 0.05) is 42.9 Å². The predicted octanol–water partition coefficient (Wildman–Crippen LogP) is 0.179. The number of fused-ring (bicyclic) bond motifs is 3. The van der Waals surface area contributed by atoms with Crippen LogP contribution in [0, 0.1) is 0 Å². The van der Waals surface area contributed by atoms with E-state index in [1.807, 2.05) is 0 Å². The van der Waals surface area contributed by atoms with E-state index in [9.17, 15) is 44.7 Å². The predicted molar refractivity (Wildman–Crippen MR) is 141 cm³/mol. The SMILES string of the molecule is COc1cccc2c1C(=O)c1c(O)c3c(c(O)c1C2=O)C[C@@](O)(C(=O)CO)C[C@@H]3O[C@H]1C[C@H](NC(C)=O)[C@H](O)[C@H](C)O1. The first-order chi connectivity index (χ1) is 19.8. The van der Waals surface area contributed by atoms with Crippen LogP contribution in [0.1, 0.15) is 75.8 Å². The number of ether oxygens (including phenoxy) is 3. The zero-order chi connectivity index (χ0) is 30.7. The molecule has 6 atom stereocenters. The van der Waals surface area contributed by atoms with Crippen LogP contribution in [0.4, 0.5) is 0 Å². The first-order valence-electron chi connectivity index (χ1n) is 13.3. The Balaban J connectivity index is 1.65. The molecule has 0 bridgehead atoms. The quantitative estimate of drug-likeness (QED) is 0.214. The number of carbonyl (C=O) groups excluding carboxylic acids is 4. The van der Waals surface area contributed by atoms with E-state index >= 15 is 0 Å². The molecule has 13 heteroatoms. The zero-order valence-electron chi connectivity index (χ0n) is 23.0. The molecule has 2 aromatic rings. The summed E-state index contributed by atoms with van der Waals surface area (Å²) in [6.45, 7) is 1.77. The Morgan fingerprint density at radius 2 is 1.81 bits per heavy atom. The van der Waals surface area contributed by atoms with E-state index in [0.717, 1.165) is 0 Å². The van der Waals surface area contributed by atoms with Crippen LogP contribution in [0.25, 0.3) is 0 Å². The summed E-state index contributed by atoms with van der Waals surface area (Å²) in [5.74, 6) is -4.34. The van der Waals surface area contributed by atoms with E-state index in [4.69, 9.17) is 14.2 Å². The van der Waals surface area contributed by atoms with E-state index < -0.39 is 102 Å². The standard InChI is InChI=1S/C29H31NO12/c1-11-24(34)15(30-12(2)32)7-19(41-11)42-17-9-29(39,18(33)10-31)8-14-21(17)28(38)23-22(26(14)36)25(35)13-5-4-6-16(40-3)20(13)27(23)37/h4-6,11,15,17,19,24,31,34,36,38-39H,7-10H2,1-3H3,(H,30,32)/t11-,15-,17-,19-,24+,29-/m0/s1. The average Bonchev–Trinajstić information content (AvgIpc) is 2.94. The molecule has 1 heterocycles. The molecule has 6 N–H and O–H groups in total. The Morgan fingerprint density at radius 1 is 1.12 bits per heavy atom. The Kier molecular flexibility index (Phi) is 7.58. The van der Waals surface area contributed by atoms with Crippen LogP contribution in [0.2, 0.25) is 0 Å². The van der Waals surface area contributed by atoms with Gasteiger partial charge in [-0.05, 0) is 13.0 Å². The van der Waals surface area contributed by atoms with Crippen LogP contribution in [0.5, 0.6) is 17.2 Å². The monoisotopic (exact) mass is 585 g/mol. The molecule has 5 rings (SSSR count). The summed E-state index contributed by atoms with van der Waals surface area (Å²) in [5.41, 5.74) is -3.84. The highest BCUT2D eigenvalue weighted by Crippen LogP contribution is 2.52. The fourth-order valence-corrected chi connectivity index (χ4v) is 6.12. The van der Waals surface area contributed by atoms with E-state index in [2.05, 4.69) is 5.32 Å². The fraction of sp³-hybridized carbons (Fsp3) is 0.448. The highest BCUT2D eigenvalue weighted by molar-refractivity contribution is 6.31. The van der Waals surface area contributed by atoms with E-state index in [-0.39, 0.29) is 34.4 Å². The number of aliphatic hydroxyl groups excluding tert-OH is 2. The lowest BCUT2D eigenvalue weighted by Gasteiger charge is -2.42. The number of benzene rings is 2. The molecular formula is C29H31NO12. The van der Waals surface area contributed by atoms with E-state index in [0.29, 0.717) is 0 Å². The highest BCUT2D eigenvalue weighted by Gasteiger charge is 2.50. The molecule has 1 amide bonds. The molecule has 1 fully saturated rings. The summed E-state index contributed by atoms with van der Waals surface area (Å²) in [4.78, 5) is 51.7. The Morgan fingerprint density at radius 3 is 2.45 bits per heavy atom. The van der Waals surface area contributed by atoms with Crippen LogP contribution in [-0.4, -0.2) is 92.6 Å². The lowest BCUT2D eigenvalue weighted by Crippen LogP contribution is -2.55. The van der Waals surface area contributed by atoms with Gasteiger partial charge in [-0.15, -0.1) is 0 Å². The summed E-state index contributed by atoms with van der Waals surface area (Å²) < 4.78 is 17.1. The molecule has 224 valence electrons. The van der Waals surface area contributed by atoms with Gasteiger partial charge in [-0.1, -0.05) is 12.1 Å². The molecule has 0 unspecified atom stereocenters. The minimum absolute atomic E-state index is 0.0665. The van der Waals surface area contributed by atoms with Gasteiger partial charge < -0.3 is 45.1 Å². The smallest absolute Gasteiger partial charge is 0.217 e. The molecule has 2 aliphatic carbocycles. The van der Waals surface area contributed by atoms with Gasteiger partial charge in [0.25, 0.3) is 0 Å². The minimum atomic E-state index is -2.29. The number of phenolic OH excluding ortho intramolecular Hbond substituents is 2. The second-order valence-electron chi connectivity index (χ2n) is 10.8. The van der Waals surface area contributed by atoms with Gasteiger partial charge in [-0.2, -0.15) is 0 Å². The van der Waals surface area contributed by atoms with Gasteiger partial charge in [0.05, 0.1) is 42.0 Å². The number of nitrogens with one attached hydrogen (secondary N) is 1. The van der Waals surface area contributed by atoms with Crippen LogP contribution in [0.3, 0.4) is 0 Å². The Bertz CT molecular complexity index is 1500. The van der Waals surface area contributed by atoms with Crippen molar-refractivity contribution in [2.45, 2.75) is 69.4 Å². The molecule has 42 heavy (non-hydrogen) atoms. The summed E-state index contributed by atoms with van der Waals surface area (Å²) in [6, 6.07) is 3.54. The third-order valence-corrected chi connectivity index (χ3v) is 8.15. The first-order valence-corrected chi connectivity index (χ1v) is 13.3. The molecule has 2 aromatic carbocycles. The second kappa shape index (κ2) is 10.7. The molecule has 13 nitrogen and oxygen atoms in total. The third-order valence-electron chi connectivity index (χ3n) is 8.15. The minimum Gasteiger partial charge on any atom is -0.507 e. The van der Waals surface area contributed by atoms with Crippen molar-refractivity contribution in [2.24, 2.45) is 0 Å². The summed E-state index contributed by atoms with van der Waals surface area (Å²) in [7, 11) is 1.31. The Labute approximate surface area is 239 Å². The molecule has 0 saturated carbocycles. The molecule has 1 saturated heterocycles. The van der Waals surface area contributed by atoms with Gasteiger partial charge in [-0.25, -0.2) is 0 Å². The normalized spacial score (nSPS) is 28.4. The molecular weight excluding hydrogens is 554 g/mol. The van der Waals surface area contributed by atoms with Crippen molar-refractivity contribution >= 4 is 23.3 Å². The number of carbonyl (C=O) groups is 4. The zero-order valence-corrected chi connectivity index (χ0v) is 23.0. The molecule has 1 aliphatic heterocycles. The molecule has 0 aromatic heterocycles. The number of aromatic hydroxyl groups is 2. The lowest BCUT2D eigenvalue weighted by molar-refractivity contribution is -0.249. The van der Waals surface area contributed by atoms with Gasteiger partial charge in [0.15, 0.2) is 17.9 Å². The maximum atomic E-state index is 13.7. The number of hydrogen-bond acceptors (Lipinski definition) is 12. The number of methoxy groups -OCH3 is 1. The topological polar surface area (TPSA) is 209 Å². The number of hydrogen-bond donors (Lipinski definition) is 6. The maximum absolute atomic E-state index is 13.7.